The van der Waals surface area contributed by atoms with Crippen molar-refractivity contribution in [3.05, 3.63) is 35.4 Å². The van der Waals surface area contributed by atoms with Crippen LogP contribution < -0.4 is 11.6 Å². The lowest BCUT2D eigenvalue weighted by Crippen LogP contribution is -2.32. The van der Waals surface area contributed by atoms with E-state index in [0.29, 0.717) is 16.9 Å². The fourth-order valence-electron chi connectivity index (χ4n) is 1.72. The molecular formula is C11H12N4O2S. The Hall–Kier alpha value is -2.02. The van der Waals surface area contributed by atoms with Gasteiger partial charge in [-0.1, -0.05) is 23.9 Å². The minimum absolute atomic E-state index is 0.228. The van der Waals surface area contributed by atoms with Crippen LogP contribution in [0, 0.1) is 0 Å². The van der Waals surface area contributed by atoms with Gasteiger partial charge < -0.3 is 11.6 Å². The second-order valence-electron chi connectivity index (χ2n) is 3.62. The number of rotatable bonds is 3. The number of thioether (sulfide) groups is 1. The van der Waals surface area contributed by atoms with Crippen molar-refractivity contribution in [3.8, 4) is 0 Å². The van der Waals surface area contributed by atoms with Gasteiger partial charge in [0.25, 0.3) is 11.8 Å². The van der Waals surface area contributed by atoms with Crippen molar-refractivity contribution in [2.24, 2.45) is 16.7 Å². The number of benzene rings is 1. The van der Waals surface area contributed by atoms with Crippen molar-refractivity contribution in [3.63, 3.8) is 0 Å². The first-order chi connectivity index (χ1) is 8.65. The van der Waals surface area contributed by atoms with E-state index >= 15 is 0 Å². The van der Waals surface area contributed by atoms with Crippen molar-refractivity contribution in [1.82, 2.24) is 4.90 Å². The maximum absolute atomic E-state index is 12.0. The standard InChI is InChI=1S/C11H12N4O2S/c12-11(14-13)18-6-5-15-9(16)7-3-1-2-4-8(7)10(15)17/h1-4H,5-6,13H2,(H2,12,14). The minimum Gasteiger partial charge on any atom is -0.377 e. The molecule has 0 unspecified atom stereocenters. The van der Waals surface area contributed by atoms with E-state index in [0.717, 1.165) is 0 Å². The van der Waals surface area contributed by atoms with Crippen molar-refractivity contribution < 1.29 is 9.59 Å². The first-order valence-corrected chi connectivity index (χ1v) is 6.25. The summed E-state index contributed by atoms with van der Waals surface area (Å²) in [5, 5.41) is 3.53. The SMILES string of the molecule is NN=C(N)SCCN1C(=O)c2ccccc2C1=O. The molecule has 0 bridgehead atoms. The van der Waals surface area contributed by atoms with E-state index in [-0.39, 0.29) is 23.5 Å². The number of hydrogen-bond donors (Lipinski definition) is 2. The van der Waals surface area contributed by atoms with Crippen molar-refractivity contribution in [2.75, 3.05) is 12.3 Å². The predicted octanol–water partition coefficient (Wildman–Crippen LogP) is 0.204. The molecule has 0 radical (unpaired) electrons. The van der Waals surface area contributed by atoms with E-state index in [1.165, 1.54) is 16.7 Å². The van der Waals surface area contributed by atoms with Crippen LogP contribution in [0.25, 0.3) is 0 Å². The van der Waals surface area contributed by atoms with Crippen molar-refractivity contribution >= 4 is 28.7 Å². The highest BCUT2D eigenvalue weighted by atomic mass is 32.2. The number of hydrogen-bond acceptors (Lipinski definition) is 5. The van der Waals surface area contributed by atoms with Crippen LogP contribution in [0.1, 0.15) is 20.7 Å². The van der Waals surface area contributed by atoms with E-state index in [9.17, 15) is 9.59 Å². The Morgan fingerprint density at radius 1 is 1.22 bits per heavy atom. The smallest absolute Gasteiger partial charge is 0.261 e. The van der Waals surface area contributed by atoms with Gasteiger partial charge in [-0.15, -0.1) is 0 Å². The van der Waals surface area contributed by atoms with E-state index in [1.54, 1.807) is 24.3 Å². The Bertz CT molecular complexity index is 495. The number of hydrazone groups is 1. The zero-order chi connectivity index (χ0) is 13.1. The molecule has 1 aliphatic heterocycles. The average Bonchev–Trinajstić information content (AvgIpc) is 2.64. The molecule has 0 saturated heterocycles. The number of carbonyl (C=O) groups excluding carboxylic acids is 2. The number of imide groups is 1. The molecule has 1 aliphatic rings. The van der Waals surface area contributed by atoms with Gasteiger partial charge in [-0.3, -0.25) is 14.5 Å². The summed E-state index contributed by atoms with van der Waals surface area (Å²) < 4.78 is 0. The molecule has 6 nitrogen and oxygen atoms in total. The second kappa shape index (κ2) is 5.09. The number of nitrogens with zero attached hydrogens (tertiary/aromatic N) is 2. The van der Waals surface area contributed by atoms with Crippen LogP contribution in [0.3, 0.4) is 0 Å². The molecule has 2 amide bonds. The maximum atomic E-state index is 12.0. The molecule has 18 heavy (non-hydrogen) atoms. The Morgan fingerprint density at radius 3 is 2.28 bits per heavy atom. The first-order valence-electron chi connectivity index (χ1n) is 5.26. The van der Waals surface area contributed by atoms with Gasteiger partial charge in [-0.25, -0.2) is 0 Å². The zero-order valence-corrected chi connectivity index (χ0v) is 10.3. The van der Waals surface area contributed by atoms with E-state index < -0.39 is 0 Å². The van der Waals surface area contributed by atoms with E-state index in [4.69, 9.17) is 11.6 Å². The summed E-state index contributed by atoms with van der Waals surface area (Å²) >= 11 is 1.20. The summed E-state index contributed by atoms with van der Waals surface area (Å²) in [6.45, 7) is 0.285. The van der Waals surface area contributed by atoms with Gasteiger partial charge in [-0.2, -0.15) is 5.10 Å². The van der Waals surface area contributed by atoms with Crippen LogP contribution in [-0.4, -0.2) is 34.2 Å². The van der Waals surface area contributed by atoms with Gasteiger partial charge in [0.2, 0.25) is 0 Å². The predicted molar refractivity (Wildman–Crippen MR) is 70.1 cm³/mol. The van der Waals surface area contributed by atoms with Crippen LogP contribution in [0.5, 0.6) is 0 Å². The van der Waals surface area contributed by atoms with Crippen molar-refractivity contribution in [2.45, 2.75) is 0 Å². The highest BCUT2D eigenvalue weighted by Crippen LogP contribution is 2.22. The topological polar surface area (TPSA) is 102 Å². The Kier molecular flexibility index (Phi) is 3.52. The fraction of sp³-hybridized carbons (Fsp3) is 0.182. The fourth-order valence-corrected chi connectivity index (χ4v) is 2.28. The Morgan fingerprint density at radius 2 is 1.78 bits per heavy atom. The van der Waals surface area contributed by atoms with Gasteiger partial charge in [0.1, 0.15) is 0 Å². The normalized spacial score (nSPS) is 15.1. The summed E-state index contributed by atoms with van der Waals surface area (Å²) in [6, 6.07) is 6.78. The van der Waals surface area contributed by atoms with Crippen LogP contribution in [0.4, 0.5) is 0 Å². The number of nitrogens with two attached hydrogens (primary N) is 2. The number of carbonyl (C=O) groups is 2. The van der Waals surface area contributed by atoms with Gasteiger partial charge in [0, 0.05) is 12.3 Å². The molecule has 1 aromatic carbocycles. The molecule has 4 N–H and O–H groups in total. The van der Waals surface area contributed by atoms with Crippen LogP contribution >= 0.6 is 11.8 Å². The van der Waals surface area contributed by atoms with Crippen LogP contribution in [-0.2, 0) is 0 Å². The molecule has 1 aromatic rings. The quantitative estimate of drug-likeness (QED) is 0.267. The van der Waals surface area contributed by atoms with Crippen molar-refractivity contribution in [1.29, 1.82) is 0 Å². The Labute approximate surface area is 108 Å². The summed E-state index contributed by atoms with van der Waals surface area (Å²) in [6.07, 6.45) is 0. The molecule has 1 heterocycles. The molecule has 7 heteroatoms. The molecule has 0 aromatic heterocycles. The van der Waals surface area contributed by atoms with E-state index in [1.807, 2.05) is 0 Å². The largest absolute Gasteiger partial charge is 0.377 e. The van der Waals surface area contributed by atoms with Crippen LogP contribution in [0.2, 0.25) is 0 Å². The zero-order valence-electron chi connectivity index (χ0n) is 9.50. The summed E-state index contributed by atoms with van der Waals surface area (Å²) in [5.41, 5.74) is 6.31. The molecule has 0 atom stereocenters. The second-order valence-corrected chi connectivity index (χ2v) is 4.74. The Balaban J connectivity index is 2.05. The summed E-state index contributed by atoms with van der Waals surface area (Å²) in [4.78, 5) is 25.1. The number of amides is 2. The van der Waals surface area contributed by atoms with Gasteiger partial charge in [-0.05, 0) is 12.1 Å². The highest BCUT2D eigenvalue weighted by Gasteiger charge is 2.34. The number of fused-ring (bicyclic) bond motifs is 1. The lowest BCUT2D eigenvalue weighted by Gasteiger charge is -2.12. The molecule has 94 valence electrons. The van der Waals surface area contributed by atoms with Gasteiger partial charge >= 0.3 is 0 Å². The van der Waals surface area contributed by atoms with Gasteiger partial charge in [0.05, 0.1) is 11.1 Å². The van der Waals surface area contributed by atoms with Gasteiger partial charge in [0.15, 0.2) is 5.17 Å². The summed E-state index contributed by atoms with van der Waals surface area (Å²) in [5.74, 6) is 4.93. The lowest BCUT2D eigenvalue weighted by atomic mass is 10.1. The summed E-state index contributed by atoms with van der Waals surface area (Å²) in [7, 11) is 0. The third-order valence-electron chi connectivity index (χ3n) is 2.57. The third-order valence-corrected chi connectivity index (χ3v) is 3.36. The lowest BCUT2D eigenvalue weighted by molar-refractivity contribution is 0.0664. The number of amidine groups is 1. The molecule has 0 aliphatic carbocycles. The maximum Gasteiger partial charge on any atom is 0.261 e. The third kappa shape index (κ3) is 2.17. The molecule has 0 saturated carbocycles. The average molecular weight is 264 g/mol. The van der Waals surface area contributed by atoms with Crippen LogP contribution in [0.15, 0.2) is 29.4 Å². The molecule has 2 rings (SSSR count). The molecule has 0 fully saturated rings. The highest BCUT2D eigenvalue weighted by molar-refractivity contribution is 8.13. The minimum atomic E-state index is -0.264. The van der Waals surface area contributed by atoms with E-state index in [2.05, 4.69) is 5.10 Å². The monoisotopic (exact) mass is 264 g/mol. The molecule has 0 spiro atoms. The first kappa shape index (κ1) is 12.4. The molecular weight excluding hydrogens is 252 g/mol.